The van der Waals surface area contributed by atoms with Crippen LogP contribution in [-0.2, 0) is 11.3 Å². The van der Waals surface area contributed by atoms with Gasteiger partial charge in [0.05, 0.1) is 0 Å². The fraction of sp³-hybridized carbons (Fsp3) is 0.316. The van der Waals surface area contributed by atoms with E-state index in [9.17, 15) is 4.79 Å². The molecule has 0 saturated carbocycles. The van der Waals surface area contributed by atoms with Crippen LogP contribution in [0.2, 0.25) is 5.02 Å². The van der Waals surface area contributed by atoms with Gasteiger partial charge in [0, 0.05) is 30.1 Å². The number of carbonyl (C=O) groups excluding carboxylic acids is 1. The summed E-state index contributed by atoms with van der Waals surface area (Å²) in [6.45, 7) is 4.56. The van der Waals surface area contributed by atoms with Crippen molar-refractivity contribution in [2.45, 2.75) is 38.9 Å². The average Bonchev–Trinajstić information content (AvgIpc) is 2.53. The molecule has 3 nitrogen and oxygen atoms in total. The second-order valence-corrected chi connectivity index (χ2v) is 6.40. The fourth-order valence-electron chi connectivity index (χ4n) is 2.51. The van der Waals surface area contributed by atoms with Crippen molar-refractivity contribution >= 4 is 29.9 Å². The first kappa shape index (κ1) is 20.5. The molecule has 0 radical (unpaired) electrons. The number of nitrogens with zero attached hydrogens (tertiary/aromatic N) is 1. The summed E-state index contributed by atoms with van der Waals surface area (Å²) in [5.41, 5.74) is 8.18. The number of hydrogen-bond acceptors (Lipinski definition) is 2. The molecule has 130 valence electrons. The Morgan fingerprint density at radius 2 is 1.79 bits per heavy atom. The van der Waals surface area contributed by atoms with E-state index in [1.54, 1.807) is 0 Å². The molecule has 0 spiro atoms. The Hall–Kier alpha value is -1.55. The summed E-state index contributed by atoms with van der Waals surface area (Å²) in [5, 5.41) is 0.680. The molecule has 2 aromatic rings. The van der Waals surface area contributed by atoms with Gasteiger partial charge in [-0.05, 0) is 37.1 Å². The van der Waals surface area contributed by atoms with E-state index in [1.165, 1.54) is 0 Å². The first-order chi connectivity index (χ1) is 11.0. The zero-order valence-corrected chi connectivity index (χ0v) is 15.6. The summed E-state index contributed by atoms with van der Waals surface area (Å²) in [6, 6.07) is 17.1. The molecule has 0 aromatic heterocycles. The molecular formula is C19H24Cl2N2O. The van der Waals surface area contributed by atoms with Crippen molar-refractivity contribution in [2.75, 3.05) is 0 Å². The van der Waals surface area contributed by atoms with Gasteiger partial charge in [-0.3, -0.25) is 4.79 Å². The maximum absolute atomic E-state index is 12.7. The molecule has 24 heavy (non-hydrogen) atoms. The third-order valence-corrected chi connectivity index (χ3v) is 4.04. The zero-order chi connectivity index (χ0) is 16.8. The standard InChI is InChI=1S/C19H23ClN2O.ClH/c1-14(2)22(13-15-7-6-10-17(20)11-15)19(23)12-18(21)16-8-4-3-5-9-16;/h3-11,14,18H,12-13,21H2,1-2H3;1H. The van der Waals surface area contributed by atoms with Crippen molar-refractivity contribution < 1.29 is 4.79 Å². The van der Waals surface area contributed by atoms with Crippen LogP contribution in [-0.4, -0.2) is 16.8 Å². The van der Waals surface area contributed by atoms with Gasteiger partial charge in [0.2, 0.25) is 5.91 Å². The summed E-state index contributed by atoms with van der Waals surface area (Å²) in [7, 11) is 0. The Labute approximate surface area is 155 Å². The van der Waals surface area contributed by atoms with Crippen LogP contribution in [0.5, 0.6) is 0 Å². The quantitative estimate of drug-likeness (QED) is 0.812. The van der Waals surface area contributed by atoms with E-state index >= 15 is 0 Å². The van der Waals surface area contributed by atoms with Gasteiger partial charge in [-0.25, -0.2) is 0 Å². The first-order valence-corrected chi connectivity index (χ1v) is 8.19. The lowest BCUT2D eigenvalue weighted by atomic mass is 10.0. The lowest BCUT2D eigenvalue weighted by Crippen LogP contribution is -2.38. The smallest absolute Gasteiger partial charge is 0.225 e. The summed E-state index contributed by atoms with van der Waals surface area (Å²) in [6.07, 6.45) is 0.294. The third-order valence-electron chi connectivity index (χ3n) is 3.81. The van der Waals surface area contributed by atoms with E-state index < -0.39 is 0 Å². The highest BCUT2D eigenvalue weighted by molar-refractivity contribution is 6.30. The molecule has 0 saturated heterocycles. The van der Waals surface area contributed by atoms with E-state index in [4.69, 9.17) is 17.3 Å². The van der Waals surface area contributed by atoms with E-state index in [-0.39, 0.29) is 30.4 Å². The number of amides is 1. The molecule has 5 heteroatoms. The molecule has 0 aliphatic carbocycles. The van der Waals surface area contributed by atoms with E-state index in [0.29, 0.717) is 18.0 Å². The van der Waals surface area contributed by atoms with Crippen LogP contribution in [0.25, 0.3) is 0 Å². The molecule has 1 amide bonds. The molecular weight excluding hydrogens is 343 g/mol. The van der Waals surface area contributed by atoms with Gasteiger partial charge in [0.1, 0.15) is 0 Å². The van der Waals surface area contributed by atoms with E-state index in [1.807, 2.05) is 73.3 Å². The highest BCUT2D eigenvalue weighted by Crippen LogP contribution is 2.19. The molecule has 2 N–H and O–H groups in total. The minimum Gasteiger partial charge on any atom is -0.336 e. The minimum atomic E-state index is -0.288. The fourth-order valence-corrected chi connectivity index (χ4v) is 2.73. The van der Waals surface area contributed by atoms with Crippen molar-refractivity contribution in [3.63, 3.8) is 0 Å². The zero-order valence-electron chi connectivity index (χ0n) is 14.0. The van der Waals surface area contributed by atoms with Crippen LogP contribution in [0.4, 0.5) is 0 Å². The van der Waals surface area contributed by atoms with Crippen LogP contribution < -0.4 is 5.73 Å². The predicted molar refractivity (Wildman–Crippen MR) is 102 cm³/mol. The number of nitrogens with two attached hydrogens (primary N) is 1. The summed E-state index contributed by atoms with van der Waals surface area (Å²) in [5.74, 6) is 0.0522. The molecule has 0 heterocycles. The number of carbonyl (C=O) groups is 1. The van der Waals surface area contributed by atoms with Gasteiger partial charge in [-0.15, -0.1) is 12.4 Å². The number of benzene rings is 2. The molecule has 0 bridgehead atoms. The van der Waals surface area contributed by atoms with Crippen molar-refractivity contribution in [1.82, 2.24) is 4.90 Å². The Morgan fingerprint density at radius 1 is 1.12 bits per heavy atom. The van der Waals surface area contributed by atoms with Crippen LogP contribution in [0.3, 0.4) is 0 Å². The highest BCUT2D eigenvalue weighted by atomic mass is 35.5. The van der Waals surface area contributed by atoms with Crippen LogP contribution >= 0.6 is 24.0 Å². The summed E-state index contributed by atoms with van der Waals surface area (Å²) < 4.78 is 0. The topological polar surface area (TPSA) is 46.3 Å². The number of rotatable bonds is 6. The van der Waals surface area contributed by atoms with Gasteiger partial charge in [0.25, 0.3) is 0 Å². The van der Waals surface area contributed by atoms with Crippen molar-refractivity contribution in [2.24, 2.45) is 5.73 Å². The minimum absolute atomic E-state index is 0. The second-order valence-electron chi connectivity index (χ2n) is 5.97. The Kier molecular flexibility index (Phi) is 8.26. The SMILES string of the molecule is CC(C)N(Cc1cccc(Cl)c1)C(=O)CC(N)c1ccccc1.Cl. The Morgan fingerprint density at radius 3 is 2.38 bits per heavy atom. The summed E-state index contributed by atoms with van der Waals surface area (Å²) in [4.78, 5) is 14.5. The molecule has 1 atom stereocenters. The maximum atomic E-state index is 12.7. The molecule has 1 unspecified atom stereocenters. The van der Waals surface area contributed by atoms with Crippen molar-refractivity contribution in [1.29, 1.82) is 0 Å². The van der Waals surface area contributed by atoms with Crippen LogP contribution in [0.15, 0.2) is 54.6 Å². The molecule has 2 aromatic carbocycles. The molecule has 0 aliphatic rings. The predicted octanol–water partition coefficient (Wildman–Crippen LogP) is 4.59. The molecule has 0 aliphatic heterocycles. The summed E-state index contributed by atoms with van der Waals surface area (Å²) >= 11 is 6.03. The normalized spacial score (nSPS) is 11.7. The number of halogens is 2. The van der Waals surface area contributed by atoms with Gasteiger partial charge in [-0.2, -0.15) is 0 Å². The van der Waals surface area contributed by atoms with Gasteiger partial charge >= 0.3 is 0 Å². The monoisotopic (exact) mass is 366 g/mol. The second kappa shape index (κ2) is 9.67. The number of hydrogen-bond donors (Lipinski definition) is 1. The molecule has 2 rings (SSSR count). The van der Waals surface area contributed by atoms with Crippen molar-refractivity contribution in [3.05, 3.63) is 70.7 Å². The van der Waals surface area contributed by atoms with Gasteiger partial charge in [0.15, 0.2) is 0 Å². The highest BCUT2D eigenvalue weighted by Gasteiger charge is 2.20. The average molecular weight is 367 g/mol. The molecule has 0 fully saturated rings. The third kappa shape index (κ3) is 5.82. The first-order valence-electron chi connectivity index (χ1n) is 7.82. The maximum Gasteiger partial charge on any atom is 0.225 e. The van der Waals surface area contributed by atoms with E-state index in [2.05, 4.69) is 0 Å². The van der Waals surface area contributed by atoms with E-state index in [0.717, 1.165) is 11.1 Å². The lowest BCUT2D eigenvalue weighted by molar-refractivity contribution is -0.134. The van der Waals surface area contributed by atoms with Crippen LogP contribution in [0, 0.1) is 0 Å². The lowest BCUT2D eigenvalue weighted by Gasteiger charge is -2.28. The Balaban J connectivity index is 0.00000288. The van der Waals surface area contributed by atoms with Crippen molar-refractivity contribution in [3.8, 4) is 0 Å². The van der Waals surface area contributed by atoms with Gasteiger partial charge in [-0.1, -0.05) is 54.1 Å². The van der Waals surface area contributed by atoms with Crippen LogP contribution in [0.1, 0.15) is 37.4 Å². The Bertz CT molecular complexity index is 647. The largest absolute Gasteiger partial charge is 0.336 e. The van der Waals surface area contributed by atoms with Gasteiger partial charge < -0.3 is 10.6 Å².